The van der Waals surface area contributed by atoms with Crippen LogP contribution in [0.1, 0.15) is 120 Å². The monoisotopic (exact) mass is 343 g/mol. The predicted octanol–water partition coefficient (Wildman–Crippen LogP) is 8.45. The molecule has 0 saturated carbocycles. The summed E-state index contributed by atoms with van der Waals surface area (Å²) in [7, 11) is 0. The Kier molecular flexibility index (Phi) is 13.8. The van der Waals surface area contributed by atoms with Crippen LogP contribution in [0.3, 0.4) is 0 Å². The smallest absolute Gasteiger partial charge is 0.0235 e. The first-order valence-electron chi connectivity index (χ1n) is 11.2. The molecule has 1 radical (unpaired) electrons. The lowest BCUT2D eigenvalue weighted by molar-refractivity contribution is 0.583. The molecular weight excluding hydrogens is 300 g/mol. The number of aryl methyl sites for hydroxylation is 1. The minimum absolute atomic E-state index is 1.24. The maximum Gasteiger partial charge on any atom is -0.0235 e. The fraction of sp³-hybridized carbons (Fsp3) is 0.720. The van der Waals surface area contributed by atoms with Crippen molar-refractivity contribution < 1.29 is 0 Å². The molecule has 25 heavy (non-hydrogen) atoms. The van der Waals surface area contributed by atoms with E-state index in [9.17, 15) is 0 Å². The molecule has 0 aromatic heterocycles. The maximum atomic E-state index is 4.30. The summed E-state index contributed by atoms with van der Waals surface area (Å²) in [6.45, 7) is 8.88. The van der Waals surface area contributed by atoms with Crippen molar-refractivity contribution in [3.63, 3.8) is 0 Å². The van der Waals surface area contributed by atoms with Crippen molar-refractivity contribution in [3.05, 3.63) is 41.8 Å². The summed E-state index contributed by atoms with van der Waals surface area (Å²) in [4.78, 5) is 0. The van der Waals surface area contributed by atoms with Gasteiger partial charge in [-0.1, -0.05) is 109 Å². The van der Waals surface area contributed by atoms with Crippen LogP contribution in [-0.2, 0) is 12.8 Å². The van der Waals surface area contributed by atoms with Gasteiger partial charge in [0, 0.05) is 0 Å². The molecule has 0 aliphatic heterocycles. The third kappa shape index (κ3) is 10.7. The van der Waals surface area contributed by atoms with Crippen LogP contribution in [0.4, 0.5) is 0 Å². The molecule has 0 spiro atoms. The predicted molar refractivity (Wildman–Crippen MR) is 114 cm³/mol. The van der Waals surface area contributed by atoms with E-state index in [1.807, 2.05) is 0 Å². The van der Waals surface area contributed by atoms with E-state index in [0.717, 1.165) is 0 Å². The Morgan fingerprint density at radius 3 is 1.64 bits per heavy atom. The van der Waals surface area contributed by atoms with Gasteiger partial charge < -0.3 is 0 Å². The van der Waals surface area contributed by atoms with Gasteiger partial charge in [-0.2, -0.15) is 0 Å². The SMILES string of the molecule is [CH2]c1cccc(CCCCCCCCC)c1CCCCCCCCC. The van der Waals surface area contributed by atoms with Crippen molar-refractivity contribution in [3.8, 4) is 0 Å². The van der Waals surface area contributed by atoms with Crippen molar-refractivity contribution in [1.29, 1.82) is 0 Å². The van der Waals surface area contributed by atoms with Gasteiger partial charge in [0.1, 0.15) is 0 Å². The van der Waals surface area contributed by atoms with E-state index >= 15 is 0 Å². The van der Waals surface area contributed by atoms with Gasteiger partial charge in [-0.05, 0) is 49.3 Å². The summed E-state index contributed by atoms with van der Waals surface area (Å²) in [5, 5.41) is 0. The summed E-state index contributed by atoms with van der Waals surface area (Å²) >= 11 is 0. The van der Waals surface area contributed by atoms with Crippen molar-refractivity contribution in [2.75, 3.05) is 0 Å². The number of hydrogen-bond donors (Lipinski definition) is 0. The molecule has 0 heteroatoms. The molecule has 0 aliphatic carbocycles. The van der Waals surface area contributed by atoms with Gasteiger partial charge in [-0.15, -0.1) is 0 Å². The third-order valence-corrected chi connectivity index (χ3v) is 5.45. The van der Waals surface area contributed by atoms with Gasteiger partial charge in [0.15, 0.2) is 0 Å². The highest BCUT2D eigenvalue weighted by molar-refractivity contribution is 5.37. The first-order valence-corrected chi connectivity index (χ1v) is 11.2. The number of hydrogen-bond acceptors (Lipinski definition) is 0. The highest BCUT2D eigenvalue weighted by Gasteiger charge is 2.06. The topological polar surface area (TPSA) is 0 Å². The summed E-state index contributed by atoms with van der Waals surface area (Å²) in [6, 6.07) is 6.75. The molecule has 1 aromatic rings. The summed E-state index contributed by atoms with van der Waals surface area (Å²) in [6.07, 6.45) is 22.0. The second-order valence-electron chi connectivity index (χ2n) is 7.80. The first kappa shape index (κ1) is 22.3. The zero-order valence-corrected chi connectivity index (χ0v) is 17.3. The fourth-order valence-electron chi connectivity index (χ4n) is 3.77. The van der Waals surface area contributed by atoms with Crippen molar-refractivity contribution in [2.24, 2.45) is 0 Å². The number of rotatable bonds is 16. The van der Waals surface area contributed by atoms with Gasteiger partial charge in [0.05, 0.1) is 0 Å². The zero-order chi connectivity index (χ0) is 18.2. The first-order chi connectivity index (χ1) is 12.3. The molecule has 1 aromatic carbocycles. The van der Waals surface area contributed by atoms with E-state index < -0.39 is 0 Å². The van der Waals surface area contributed by atoms with Gasteiger partial charge in [0.25, 0.3) is 0 Å². The molecule has 0 aliphatic rings. The van der Waals surface area contributed by atoms with Crippen LogP contribution < -0.4 is 0 Å². The van der Waals surface area contributed by atoms with E-state index in [2.05, 4.69) is 39.0 Å². The molecule has 0 nitrogen and oxygen atoms in total. The van der Waals surface area contributed by atoms with Gasteiger partial charge in [-0.25, -0.2) is 0 Å². The third-order valence-electron chi connectivity index (χ3n) is 5.45. The zero-order valence-electron chi connectivity index (χ0n) is 17.3. The molecule has 143 valence electrons. The van der Waals surface area contributed by atoms with Gasteiger partial charge in [0.2, 0.25) is 0 Å². The Morgan fingerprint density at radius 2 is 1.08 bits per heavy atom. The van der Waals surface area contributed by atoms with Gasteiger partial charge in [-0.3, -0.25) is 0 Å². The highest BCUT2D eigenvalue weighted by Crippen LogP contribution is 2.21. The number of benzene rings is 1. The Hall–Kier alpha value is -0.780. The average Bonchev–Trinajstić information content (AvgIpc) is 2.62. The Bertz CT molecular complexity index is 418. The second-order valence-corrected chi connectivity index (χ2v) is 7.80. The van der Waals surface area contributed by atoms with E-state index in [1.54, 1.807) is 11.1 Å². The lowest BCUT2D eigenvalue weighted by Crippen LogP contribution is -1.98. The quantitative estimate of drug-likeness (QED) is 0.264. The van der Waals surface area contributed by atoms with E-state index in [0.29, 0.717) is 0 Å². The molecule has 0 atom stereocenters. The Morgan fingerprint density at radius 1 is 0.600 bits per heavy atom. The molecular formula is C25H43. The minimum Gasteiger partial charge on any atom is -0.0654 e. The normalized spacial score (nSPS) is 11.2. The fourth-order valence-corrected chi connectivity index (χ4v) is 3.77. The number of unbranched alkanes of at least 4 members (excludes halogenated alkanes) is 12. The van der Waals surface area contributed by atoms with Crippen molar-refractivity contribution in [2.45, 2.75) is 117 Å². The maximum absolute atomic E-state index is 4.30. The van der Waals surface area contributed by atoms with Crippen LogP contribution in [0.25, 0.3) is 0 Å². The standard InChI is InChI=1S/C25H43/c1-4-6-8-10-12-14-16-20-24-21-18-19-23(3)25(24)22-17-15-13-11-9-7-5-2/h18-19,21H,3-17,20,22H2,1-2H3. The molecule has 1 rings (SSSR count). The van der Waals surface area contributed by atoms with Crippen LogP contribution in [-0.4, -0.2) is 0 Å². The van der Waals surface area contributed by atoms with Crippen LogP contribution >= 0.6 is 0 Å². The van der Waals surface area contributed by atoms with E-state index in [4.69, 9.17) is 0 Å². The largest absolute Gasteiger partial charge is 0.0654 e. The Labute approximate surface area is 158 Å². The lowest BCUT2D eigenvalue weighted by Gasteiger charge is -2.13. The molecule has 0 amide bonds. The second kappa shape index (κ2) is 15.5. The summed E-state index contributed by atoms with van der Waals surface area (Å²) in [5.41, 5.74) is 4.40. The molecule has 0 N–H and O–H groups in total. The average molecular weight is 344 g/mol. The molecule has 0 fully saturated rings. The summed E-state index contributed by atoms with van der Waals surface area (Å²) < 4.78 is 0. The summed E-state index contributed by atoms with van der Waals surface area (Å²) in [5.74, 6) is 0. The lowest BCUT2D eigenvalue weighted by atomic mass is 9.93. The molecule has 0 bridgehead atoms. The molecule has 0 heterocycles. The van der Waals surface area contributed by atoms with Gasteiger partial charge >= 0.3 is 0 Å². The van der Waals surface area contributed by atoms with Crippen LogP contribution in [0.5, 0.6) is 0 Å². The minimum atomic E-state index is 1.24. The van der Waals surface area contributed by atoms with Crippen LogP contribution in [0.2, 0.25) is 0 Å². The highest BCUT2D eigenvalue weighted by atomic mass is 14.1. The molecule has 0 unspecified atom stereocenters. The van der Waals surface area contributed by atoms with Crippen LogP contribution in [0, 0.1) is 6.92 Å². The van der Waals surface area contributed by atoms with Crippen molar-refractivity contribution >= 4 is 0 Å². The van der Waals surface area contributed by atoms with E-state index in [1.165, 1.54) is 108 Å². The Balaban J connectivity index is 2.26. The molecule has 0 saturated heterocycles. The van der Waals surface area contributed by atoms with Crippen molar-refractivity contribution in [1.82, 2.24) is 0 Å². The van der Waals surface area contributed by atoms with Crippen LogP contribution in [0.15, 0.2) is 18.2 Å². The van der Waals surface area contributed by atoms with E-state index in [-0.39, 0.29) is 0 Å².